The summed E-state index contributed by atoms with van der Waals surface area (Å²) < 4.78 is 27.2. The van der Waals surface area contributed by atoms with E-state index in [1.807, 2.05) is 0 Å². The first-order valence-electron chi connectivity index (χ1n) is 20.3. The van der Waals surface area contributed by atoms with Gasteiger partial charge in [0, 0.05) is 5.57 Å². The van der Waals surface area contributed by atoms with E-state index in [-0.39, 0.29) is 31.8 Å². The van der Waals surface area contributed by atoms with Crippen LogP contribution in [0.3, 0.4) is 0 Å². The molecular weight excluding hydrogens is 744 g/mol. The van der Waals surface area contributed by atoms with Crippen LogP contribution in [-0.2, 0) is 42.8 Å². The van der Waals surface area contributed by atoms with E-state index in [0.717, 1.165) is 49.4 Å². The first kappa shape index (κ1) is 45.0. The van der Waals surface area contributed by atoms with Crippen molar-refractivity contribution in [3.8, 4) is 0 Å². The van der Waals surface area contributed by atoms with Gasteiger partial charge in [0.2, 0.25) is 10.3 Å². The molecule has 1 aliphatic rings. The number of fused-ring (bicyclic) bond motifs is 2. The fourth-order valence-electron chi connectivity index (χ4n) is 8.33. The maximum atomic E-state index is 13.6. The number of rotatable bonds is 3. The topological polar surface area (TPSA) is 94.8 Å². The molecule has 1 atom stereocenters. The van der Waals surface area contributed by atoms with E-state index >= 15 is 0 Å². The van der Waals surface area contributed by atoms with Crippen molar-refractivity contribution in [2.75, 3.05) is 0 Å². The van der Waals surface area contributed by atoms with Gasteiger partial charge in [-0.05, 0) is 129 Å². The SMILES string of the molecule is CC(C)(C)c1cc(C(C)(C)C)c2cc(C3=C([P+](O)(O)O)C=CC(=S(=O)=O)C3c3cc4c(C(C)(C)C)cc(C(C)(C)C)cc4cc3C(C)(C)C)c(C(C)(C)C)cc2c1. The molecule has 3 N–H and O–H groups in total. The van der Waals surface area contributed by atoms with Crippen LogP contribution in [0, 0.1) is 0 Å². The first-order chi connectivity index (χ1) is 25.5. The van der Waals surface area contributed by atoms with Gasteiger partial charge < -0.3 is 0 Å². The maximum absolute atomic E-state index is 13.6. The minimum Gasteiger partial charge on any atom is -0.189 e. The zero-order valence-corrected chi connectivity index (χ0v) is 39.6. The molecule has 0 fully saturated rings. The molecule has 5 rings (SSSR count). The molecule has 0 aliphatic heterocycles. The Morgan fingerprint density at radius 2 is 0.877 bits per heavy atom. The predicted octanol–water partition coefficient (Wildman–Crippen LogP) is 12.6. The van der Waals surface area contributed by atoms with Crippen molar-refractivity contribution in [3.05, 3.63) is 111 Å². The fraction of sp³-hybridized carbons (Fsp3) is 0.500. The lowest BCUT2D eigenvalue weighted by Gasteiger charge is -2.35. The zero-order valence-electron chi connectivity index (χ0n) is 37.9. The standard InChI is InChI=1S/C50H68O5PS/c1-45(2,3)31-21-29-23-37(47(7,8)9)35(27-33(29)39(25-31)49(13,14)15)43-41(56(51,52)53)19-20-42(57(54)55)44(43)36-28-34-30(24-38(36)48(10,11)12)22-32(46(4,5)6)26-40(34)50(16,17)18/h19-28,44,51-53H,1-18H3/q+1. The summed E-state index contributed by atoms with van der Waals surface area (Å²) in [4.78, 5) is 34.3. The van der Waals surface area contributed by atoms with E-state index in [2.05, 4.69) is 173 Å². The highest BCUT2D eigenvalue weighted by molar-refractivity contribution is 7.73. The van der Waals surface area contributed by atoms with Gasteiger partial charge in [0.15, 0.2) is 5.31 Å². The Bertz CT molecular complexity index is 2480. The Morgan fingerprint density at radius 1 is 0.474 bits per heavy atom. The molecule has 4 aromatic rings. The van der Waals surface area contributed by atoms with Crippen molar-refractivity contribution in [2.45, 2.75) is 163 Å². The molecule has 0 radical (unpaired) electrons. The van der Waals surface area contributed by atoms with E-state index in [4.69, 9.17) is 0 Å². The predicted molar refractivity (Wildman–Crippen MR) is 246 cm³/mol. The van der Waals surface area contributed by atoms with Gasteiger partial charge in [0.25, 0.3) is 0 Å². The Kier molecular flexibility index (Phi) is 11.3. The third-order valence-electron chi connectivity index (χ3n) is 11.5. The molecule has 0 spiro atoms. The molecule has 7 heteroatoms. The van der Waals surface area contributed by atoms with Crippen LogP contribution in [-0.4, -0.2) is 28.0 Å². The normalized spacial score (nSPS) is 16.6. The number of allylic oxidation sites excluding steroid dienone is 4. The summed E-state index contributed by atoms with van der Waals surface area (Å²) in [6.45, 7) is 39.3. The molecule has 5 nitrogen and oxygen atoms in total. The minimum atomic E-state index is -4.72. The first-order valence-corrected chi connectivity index (χ1v) is 23.0. The summed E-state index contributed by atoms with van der Waals surface area (Å²) in [6, 6.07) is 17.8. The highest BCUT2D eigenvalue weighted by Crippen LogP contribution is 2.62. The Balaban J connectivity index is 2.10. The van der Waals surface area contributed by atoms with Gasteiger partial charge >= 0.3 is 7.94 Å². The number of hydrogen-bond donors (Lipinski definition) is 3. The van der Waals surface area contributed by atoms with E-state index in [1.165, 1.54) is 23.3 Å². The van der Waals surface area contributed by atoms with Crippen LogP contribution in [0.4, 0.5) is 0 Å². The molecule has 0 amide bonds. The molecule has 1 aliphatic carbocycles. The van der Waals surface area contributed by atoms with Gasteiger partial charge in [0.1, 0.15) is 0 Å². The maximum Gasteiger partial charge on any atom is 0.441 e. The van der Waals surface area contributed by atoms with Crippen molar-refractivity contribution in [1.29, 1.82) is 0 Å². The summed E-state index contributed by atoms with van der Waals surface area (Å²) in [7, 11) is -7.42. The van der Waals surface area contributed by atoms with Crippen LogP contribution in [0.1, 0.15) is 175 Å². The van der Waals surface area contributed by atoms with Crippen LogP contribution < -0.4 is 0 Å². The van der Waals surface area contributed by atoms with Crippen LogP contribution in [0.15, 0.2) is 66.0 Å². The Labute approximate surface area is 345 Å². The molecule has 0 heterocycles. The van der Waals surface area contributed by atoms with Crippen molar-refractivity contribution >= 4 is 50.2 Å². The lowest BCUT2D eigenvalue weighted by Crippen LogP contribution is -2.26. The van der Waals surface area contributed by atoms with Crippen molar-refractivity contribution in [3.63, 3.8) is 0 Å². The third kappa shape index (κ3) is 8.92. The number of hydrogen-bond acceptors (Lipinski definition) is 5. The van der Waals surface area contributed by atoms with Gasteiger partial charge in [-0.25, -0.2) is 0 Å². The second kappa shape index (κ2) is 14.3. The quantitative estimate of drug-likeness (QED) is 0.141. The average Bonchev–Trinajstić information content (AvgIpc) is 3.02. The largest absolute Gasteiger partial charge is 0.441 e. The van der Waals surface area contributed by atoms with Crippen LogP contribution in [0.2, 0.25) is 0 Å². The zero-order chi connectivity index (χ0) is 43.4. The van der Waals surface area contributed by atoms with Crippen molar-refractivity contribution in [2.24, 2.45) is 0 Å². The van der Waals surface area contributed by atoms with E-state index in [9.17, 15) is 23.1 Å². The lowest BCUT2D eigenvalue weighted by atomic mass is 9.69. The minimum absolute atomic E-state index is 0.0470. The lowest BCUT2D eigenvalue weighted by molar-refractivity contribution is 0.342. The molecule has 57 heavy (non-hydrogen) atoms. The molecule has 0 bridgehead atoms. The van der Waals surface area contributed by atoms with E-state index in [0.29, 0.717) is 11.1 Å². The van der Waals surface area contributed by atoms with Gasteiger partial charge in [-0.1, -0.05) is 155 Å². The monoisotopic (exact) mass is 811 g/mol. The average molecular weight is 812 g/mol. The van der Waals surface area contributed by atoms with Crippen molar-refractivity contribution < 1.29 is 23.1 Å². The third-order valence-corrected chi connectivity index (χ3v) is 13.3. The van der Waals surface area contributed by atoms with Gasteiger partial charge in [-0.3, -0.25) is 0 Å². The smallest absolute Gasteiger partial charge is 0.189 e. The van der Waals surface area contributed by atoms with Crippen molar-refractivity contribution in [1.82, 2.24) is 0 Å². The fourth-order valence-corrected chi connectivity index (χ4v) is 9.80. The van der Waals surface area contributed by atoms with Gasteiger partial charge in [0.05, 0.1) is 10.8 Å². The highest BCUT2D eigenvalue weighted by atomic mass is 32.2. The molecule has 308 valence electrons. The molecule has 0 saturated heterocycles. The molecule has 4 aromatic carbocycles. The summed E-state index contributed by atoms with van der Waals surface area (Å²) in [5.74, 6) is -0.964. The Hall–Kier alpha value is -3.12. The number of benzene rings is 4. The van der Waals surface area contributed by atoms with Gasteiger partial charge in [-0.2, -0.15) is 23.1 Å². The second-order valence-electron chi connectivity index (χ2n) is 22.6. The van der Waals surface area contributed by atoms with E-state index in [1.54, 1.807) is 0 Å². The van der Waals surface area contributed by atoms with Gasteiger partial charge in [-0.15, -0.1) is 0 Å². The van der Waals surface area contributed by atoms with Crippen LogP contribution >= 0.6 is 7.94 Å². The highest BCUT2D eigenvalue weighted by Gasteiger charge is 2.46. The molecule has 0 aromatic heterocycles. The molecular formula is C50H68O5PS+. The molecule has 0 saturated carbocycles. The summed E-state index contributed by atoms with van der Waals surface area (Å²) in [5.41, 5.74) is 6.78. The summed E-state index contributed by atoms with van der Waals surface area (Å²) in [6.07, 6.45) is 2.85. The second-order valence-corrected chi connectivity index (χ2v) is 25.2. The summed E-state index contributed by atoms with van der Waals surface area (Å²) >= 11 is 0. The van der Waals surface area contributed by atoms with Crippen LogP contribution in [0.25, 0.3) is 27.1 Å². The summed E-state index contributed by atoms with van der Waals surface area (Å²) in [5, 5.41) is 4.10. The molecule has 1 unspecified atom stereocenters. The van der Waals surface area contributed by atoms with Crippen LogP contribution in [0.5, 0.6) is 0 Å². The Morgan fingerprint density at radius 3 is 1.25 bits per heavy atom. The van der Waals surface area contributed by atoms with E-state index < -0.39 is 35.0 Å².